The number of hydrogen-bond donors (Lipinski definition) is 3. The molecule has 0 saturated heterocycles. The number of aromatic nitrogens is 1. The highest BCUT2D eigenvalue weighted by molar-refractivity contribution is 6.30. The summed E-state index contributed by atoms with van der Waals surface area (Å²) in [5.74, 6) is 0.571. The highest BCUT2D eigenvalue weighted by atomic mass is 35.5. The maximum atomic E-state index is 10.6. The van der Waals surface area contributed by atoms with Crippen LogP contribution in [0.4, 0.5) is 5.82 Å². The second kappa shape index (κ2) is 8.95. The van der Waals surface area contributed by atoms with Crippen LogP contribution in [0.1, 0.15) is 0 Å². The number of nitrogens with zero attached hydrogens (tertiary/aromatic N) is 2. The Morgan fingerprint density at radius 2 is 2.24 bits per heavy atom. The van der Waals surface area contributed by atoms with Gasteiger partial charge < -0.3 is 14.8 Å². The predicted molar refractivity (Wildman–Crippen MR) is 76.9 cm³/mol. The average molecular weight is 318 g/mol. The van der Waals surface area contributed by atoms with Gasteiger partial charge in [-0.1, -0.05) is 11.6 Å². The van der Waals surface area contributed by atoms with Crippen molar-refractivity contribution < 1.29 is 14.4 Å². The summed E-state index contributed by atoms with van der Waals surface area (Å²) in [6, 6.07) is 3.25. The lowest BCUT2D eigenvalue weighted by Gasteiger charge is -2.17. The Hall–Kier alpha value is -2.10. The molecule has 0 saturated carbocycles. The van der Waals surface area contributed by atoms with Gasteiger partial charge in [0, 0.05) is 20.4 Å². The summed E-state index contributed by atoms with van der Waals surface area (Å²) < 4.78 is 9.95. The van der Waals surface area contributed by atoms with Crippen LogP contribution in [0.3, 0.4) is 0 Å². The number of pyridine rings is 1. The molecule has 9 nitrogen and oxygen atoms in total. The van der Waals surface area contributed by atoms with Gasteiger partial charge in [0.25, 0.3) is 6.20 Å². The third kappa shape index (κ3) is 6.75. The minimum Gasteiger partial charge on any atom is -0.360 e. The maximum Gasteiger partial charge on any atom is 0.275 e. The van der Waals surface area contributed by atoms with Gasteiger partial charge >= 0.3 is 0 Å². The van der Waals surface area contributed by atoms with Gasteiger partial charge in [0.15, 0.2) is 12.1 Å². The van der Waals surface area contributed by atoms with Crippen LogP contribution in [0, 0.1) is 10.1 Å². The highest BCUT2D eigenvalue weighted by Gasteiger charge is 2.08. The van der Waals surface area contributed by atoms with Gasteiger partial charge in [0.1, 0.15) is 5.82 Å². The Bertz CT molecular complexity index is 478. The fraction of sp³-hybridized carbons (Fsp3) is 0.364. The Balaban J connectivity index is 2.58. The Morgan fingerprint density at radius 3 is 2.76 bits per heavy atom. The van der Waals surface area contributed by atoms with E-state index in [0.29, 0.717) is 10.8 Å². The normalized spacial score (nSPS) is 11.3. The van der Waals surface area contributed by atoms with Gasteiger partial charge in [-0.05, 0) is 12.1 Å². The molecule has 0 amide bonds. The van der Waals surface area contributed by atoms with Crippen molar-refractivity contribution in [2.45, 2.75) is 6.29 Å². The number of hydrazine groups is 1. The molecule has 0 aromatic carbocycles. The van der Waals surface area contributed by atoms with Crippen molar-refractivity contribution in [2.75, 3.05) is 26.2 Å². The van der Waals surface area contributed by atoms with Gasteiger partial charge in [-0.2, -0.15) is 0 Å². The van der Waals surface area contributed by atoms with E-state index >= 15 is 0 Å². The van der Waals surface area contributed by atoms with Crippen molar-refractivity contribution in [3.05, 3.63) is 45.5 Å². The van der Waals surface area contributed by atoms with Crippen molar-refractivity contribution in [2.24, 2.45) is 0 Å². The summed E-state index contributed by atoms with van der Waals surface area (Å²) in [6.07, 6.45) is 1.68. The number of anilines is 1. The number of hydrogen-bond acceptors (Lipinski definition) is 8. The first-order chi connectivity index (χ1) is 10.0. The Labute approximate surface area is 126 Å². The second-order valence-corrected chi connectivity index (χ2v) is 4.16. The molecule has 1 heterocycles. The van der Waals surface area contributed by atoms with Gasteiger partial charge in [0.2, 0.25) is 0 Å². The smallest absolute Gasteiger partial charge is 0.275 e. The summed E-state index contributed by atoms with van der Waals surface area (Å²) in [4.78, 5) is 14.0. The van der Waals surface area contributed by atoms with Crippen molar-refractivity contribution >= 4 is 17.4 Å². The molecular weight excluding hydrogens is 302 g/mol. The minimum absolute atomic E-state index is 0.121. The fourth-order valence-corrected chi connectivity index (χ4v) is 1.38. The van der Waals surface area contributed by atoms with Crippen molar-refractivity contribution in [1.29, 1.82) is 0 Å². The summed E-state index contributed by atoms with van der Waals surface area (Å²) in [5.41, 5.74) is 5.33. The third-order valence-electron chi connectivity index (χ3n) is 2.27. The summed E-state index contributed by atoms with van der Waals surface area (Å²) >= 11 is 5.71. The van der Waals surface area contributed by atoms with Gasteiger partial charge in [-0.15, -0.1) is 0 Å². The molecule has 3 N–H and O–H groups in total. The first-order valence-electron chi connectivity index (χ1n) is 5.83. The van der Waals surface area contributed by atoms with Crippen LogP contribution in [0.2, 0.25) is 5.02 Å². The van der Waals surface area contributed by atoms with E-state index in [9.17, 15) is 10.1 Å². The van der Waals surface area contributed by atoms with E-state index in [2.05, 4.69) is 21.2 Å². The molecule has 0 unspecified atom stereocenters. The van der Waals surface area contributed by atoms with Crippen LogP contribution in [-0.2, 0) is 9.47 Å². The molecule has 0 aliphatic heterocycles. The minimum atomic E-state index is -0.596. The number of nitro groups is 1. The van der Waals surface area contributed by atoms with Crippen molar-refractivity contribution in [1.82, 2.24) is 15.7 Å². The zero-order valence-corrected chi connectivity index (χ0v) is 12.3. The van der Waals surface area contributed by atoms with E-state index in [0.717, 1.165) is 6.20 Å². The number of rotatable bonds is 9. The van der Waals surface area contributed by atoms with Gasteiger partial charge in [-0.25, -0.2) is 4.98 Å². The number of nitrogens with one attached hydrogen (secondary N) is 3. The molecule has 1 aromatic rings. The molecule has 0 aliphatic carbocycles. The van der Waals surface area contributed by atoms with Crippen molar-refractivity contribution in [3.8, 4) is 0 Å². The van der Waals surface area contributed by atoms with E-state index in [1.807, 2.05) is 0 Å². The number of halogens is 1. The summed E-state index contributed by atoms with van der Waals surface area (Å²) in [7, 11) is 2.94. The lowest BCUT2D eigenvalue weighted by molar-refractivity contribution is -0.404. The Kier molecular flexibility index (Phi) is 7.23. The van der Waals surface area contributed by atoms with E-state index < -0.39 is 11.2 Å². The first-order valence-corrected chi connectivity index (χ1v) is 6.21. The average Bonchev–Trinajstić information content (AvgIpc) is 2.46. The van der Waals surface area contributed by atoms with Crippen LogP contribution in [0.25, 0.3) is 0 Å². The van der Waals surface area contributed by atoms with Gasteiger partial charge in [-0.3, -0.25) is 21.0 Å². The monoisotopic (exact) mass is 317 g/mol. The van der Waals surface area contributed by atoms with Gasteiger partial charge in [0.05, 0.1) is 16.5 Å². The molecule has 0 atom stereocenters. The highest BCUT2D eigenvalue weighted by Crippen LogP contribution is 2.08. The lowest BCUT2D eigenvalue weighted by Crippen LogP contribution is -2.37. The molecular formula is C11H16ClN5O4. The Morgan fingerprint density at radius 1 is 1.52 bits per heavy atom. The number of ether oxygens (including phenoxy) is 2. The molecule has 0 aliphatic rings. The molecule has 10 heteroatoms. The molecule has 0 fully saturated rings. The van der Waals surface area contributed by atoms with E-state index in [4.69, 9.17) is 21.1 Å². The molecule has 0 spiro atoms. The summed E-state index contributed by atoms with van der Waals surface area (Å²) in [5, 5.41) is 13.8. The van der Waals surface area contributed by atoms with Crippen molar-refractivity contribution in [3.63, 3.8) is 0 Å². The quantitative estimate of drug-likeness (QED) is 0.350. The molecule has 1 aromatic heterocycles. The standard InChI is InChI=1S/C11H16ClN5O4/c1-20-11(21-2)6-14-10(7-17(18)19)16-15-9-4-3-8(12)5-13-9/h3-5,7,11,14,16H,6H2,1-2H3,(H,13,15)/b10-7-. The topological polar surface area (TPSA) is 111 Å². The third-order valence-corrected chi connectivity index (χ3v) is 2.50. The zero-order valence-electron chi connectivity index (χ0n) is 11.5. The lowest BCUT2D eigenvalue weighted by atomic mass is 10.5. The molecule has 116 valence electrons. The van der Waals surface area contributed by atoms with Crippen LogP contribution in [0.5, 0.6) is 0 Å². The van der Waals surface area contributed by atoms with E-state index in [1.54, 1.807) is 12.1 Å². The maximum absolute atomic E-state index is 10.6. The summed E-state index contributed by atoms with van der Waals surface area (Å²) in [6.45, 7) is 0.218. The molecule has 1 rings (SSSR count). The zero-order chi connectivity index (χ0) is 15.7. The van der Waals surface area contributed by atoms with Crippen LogP contribution < -0.4 is 16.2 Å². The number of methoxy groups -OCH3 is 2. The molecule has 0 radical (unpaired) electrons. The molecule has 0 bridgehead atoms. The SMILES string of the molecule is COC(CN/C(=C/[N+](=O)[O-])NNc1ccc(Cl)cn1)OC. The predicted octanol–water partition coefficient (Wildman–Crippen LogP) is 0.936. The van der Waals surface area contributed by atoms with Crippen LogP contribution in [0.15, 0.2) is 30.4 Å². The van der Waals surface area contributed by atoms with E-state index in [1.165, 1.54) is 20.4 Å². The van der Waals surface area contributed by atoms with Crippen LogP contribution in [-0.4, -0.2) is 37.0 Å². The van der Waals surface area contributed by atoms with Crippen LogP contribution >= 0.6 is 11.6 Å². The van der Waals surface area contributed by atoms with E-state index in [-0.39, 0.29) is 12.4 Å². The fourth-order valence-electron chi connectivity index (χ4n) is 1.26. The molecule has 21 heavy (non-hydrogen) atoms. The second-order valence-electron chi connectivity index (χ2n) is 3.72. The largest absolute Gasteiger partial charge is 0.360 e. The first kappa shape index (κ1) is 17.0.